The van der Waals surface area contributed by atoms with Crippen LogP contribution in [0.3, 0.4) is 0 Å². The summed E-state index contributed by atoms with van der Waals surface area (Å²) in [5.41, 5.74) is 2.85. The third kappa shape index (κ3) is 4.89. The van der Waals surface area contributed by atoms with Gasteiger partial charge in [0.05, 0.1) is 0 Å². The zero-order chi connectivity index (χ0) is 22.5. The number of hydrogen-bond donors (Lipinski definition) is 1. The van der Waals surface area contributed by atoms with Crippen LogP contribution in [0.2, 0.25) is 0 Å². The second kappa shape index (κ2) is 9.78. The summed E-state index contributed by atoms with van der Waals surface area (Å²) in [6, 6.07) is 17.4. The Kier molecular flexibility index (Phi) is 6.66. The quantitative estimate of drug-likeness (QED) is 0.650. The zero-order valence-electron chi connectivity index (χ0n) is 18.6. The number of carbonyl (C=O) groups excluding carboxylic acids is 2. The number of aromatic nitrogens is 2. The number of aryl methyl sites for hydroxylation is 1. The highest BCUT2D eigenvalue weighted by atomic mass is 16.2. The van der Waals surface area contributed by atoms with Crippen molar-refractivity contribution < 1.29 is 9.59 Å². The van der Waals surface area contributed by atoms with Crippen molar-refractivity contribution in [1.29, 1.82) is 0 Å². The van der Waals surface area contributed by atoms with Crippen molar-refractivity contribution in [2.45, 2.75) is 26.1 Å². The van der Waals surface area contributed by atoms with E-state index in [-0.39, 0.29) is 17.9 Å². The fraction of sp³-hybridized carbons (Fsp3) is 0.320. The van der Waals surface area contributed by atoms with Crippen LogP contribution in [0.15, 0.2) is 67.0 Å². The number of likely N-dealkylation sites (N-methyl/N-ethyl adjacent to an activating group) is 1. The summed E-state index contributed by atoms with van der Waals surface area (Å²) in [5.74, 6) is 0.829. The first-order valence-electron chi connectivity index (χ1n) is 10.9. The highest BCUT2D eigenvalue weighted by Gasteiger charge is 2.34. The van der Waals surface area contributed by atoms with Crippen LogP contribution in [0.4, 0.5) is 0 Å². The summed E-state index contributed by atoms with van der Waals surface area (Å²) in [5, 5.41) is 2.76. The van der Waals surface area contributed by atoms with Crippen LogP contribution in [0, 0.1) is 6.92 Å². The summed E-state index contributed by atoms with van der Waals surface area (Å²) in [6.45, 7) is 4.91. The van der Waals surface area contributed by atoms with Crippen molar-refractivity contribution in [1.82, 2.24) is 24.7 Å². The second-order valence-electron chi connectivity index (χ2n) is 8.14. The molecule has 1 aliphatic rings. The summed E-state index contributed by atoms with van der Waals surface area (Å²) in [6.07, 6.45) is 3.71. The smallest absolute Gasteiger partial charge is 0.253 e. The number of nitrogens with zero attached hydrogens (tertiary/aromatic N) is 4. The summed E-state index contributed by atoms with van der Waals surface area (Å²) < 4.78 is 2.05. The number of piperazine rings is 1. The fourth-order valence-corrected chi connectivity index (χ4v) is 4.18. The molecule has 0 unspecified atom stereocenters. The lowest BCUT2D eigenvalue weighted by atomic mass is 10.1. The van der Waals surface area contributed by atoms with E-state index in [2.05, 4.69) is 27.3 Å². The maximum Gasteiger partial charge on any atom is 0.253 e. The van der Waals surface area contributed by atoms with E-state index in [9.17, 15) is 9.59 Å². The number of rotatable bonds is 6. The van der Waals surface area contributed by atoms with Gasteiger partial charge < -0.3 is 14.8 Å². The molecule has 2 aromatic carbocycles. The van der Waals surface area contributed by atoms with E-state index in [1.54, 1.807) is 18.1 Å². The topological polar surface area (TPSA) is 70.5 Å². The standard InChI is InChI=1S/C25H29N5O2/c1-19-27-11-12-28(19)17-21-9-6-10-22(15-21)25(32)30-14-13-29(23(18-30)24(31)26-2)16-20-7-4-3-5-8-20/h3-12,15,23H,13-14,16-18H2,1-2H3,(H,26,31)/t23-/m1/s1. The molecular weight excluding hydrogens is 402 g/mol. The summed E-state index contributed by atoms with van der Waals surface area (Å²) in [7, 11) is 1.64. The minimum Gasteiger partial charge on any atom is -0.358 e. The van der Waals surface area contributed by atoms with Crippen molar-refractivity contribution in [3.8, 4) is 0 Å². The van der Waals surface area contributed by atoms with E-state index < -0.39 is 0 Å². The fourth-order valence-electron chi connectivity index (χ4n) is 4.18. The third-order valence-corrected chi connectivity index (χ3v) is 6.01. The van der Waals surface area contributed by atoms with Gasteiger partial charge >= 0.3 is 0 Å². The molecule has 1 saturated heterocycles. The van der Waals surface area contributed by atoms with Crippen LogP contribution in [0.5, 0.6) is 0 Å². The van der Waals surface area contributed by atoms with Crippen LogP contribution >= 0.6 is 0 Å². The van der Waals surface area contributed by atoms with Gasteiger partial charge in [-0.15, -0.1) is 0 Å². The Labute approximate surface area is 188 Å². The van der Waals surface area contributed by atoms with Crippen molar-refractivity contribution >= 4 is 11.8 Å². The average Bonchev–Trinajstić information content (AvgIpc) is 3.23. The first-order chi connectivity index (χ1) is 15.5. The maximum atomic E-state index is 13.3. The molecule has 166 valence electrons. The Balaban J connectivity index is 1.48. The molecule has 4 rings (SSSR count). The van der Waals surface area contributed by atoms with Crippen LogP contribution in [-0.2, 0) is 17.9 Å². The summed E-state index contributed by atoms with van der Waals surface area (Å²) >= 11 is 0. The minimum absolute atomic E-state index is 0.0394. The minimum atomic E-state index is -0.380. The molecule has 1 aliphatic heterocycles. The number of imidazole rings is 1. The molecule has 7 nitrogen and oxygen atoms in total. The molecule has 2 heterocycles. The molecule has 0 bridgehead atoms. The van der Waals surface area contributed by atoms with Crippen LogP contribution in [0.1, 0.15) is 27.3 Å². The van der Waals surface area contributed by atoms with Crippen LogP contribution in [0.25, 0.3) is 0 Å². The Hall–Kier alpha value is -3.45. The molecule has 2 amide bonds. The normalized spacial score (nSPS) is 16.7. The summed E-state index contributed by atoms with van der Waals surface area (Å²) in [4.78, 5) is 34.1. The number of benzene rings is 2. The van der Waals surface area contributed by atoms with Gasteiger partial charge in [0, 0.05) is 57.7 Å². The van der Waals surface area contributed by atoms with E-state index >= 15 is 0 Å². The lowest BCUT2D eigenvalue weighted by Gasteiger charge is -2.40. The van der Waals surface area contributed by atoms with Gasteiger partial charge in [-0.25, -0.2) is 4.98 Å². The van der Waals surface area contributed by atoms with Gasteiger partial charge in [0.1, 0.15) is 11.9 Å². The Bertz CT molecular complexity index is 1080. The molecule has 0 aliphatic carbocycles. The first kappa shape index (κ1) is 21.8. The predicted octanol–water partition coefficient (Wildman–Crippen LogP) is 2.31. The van der Waals surface area contributed by atoms with Gasteiger partial charge in [-0.1, -0.05) is 42.5 Å². The monoisotopic (exact) mass is 431 g/mol. The van der Waals surface area contributed by atoms with Gasteiger partial charge in [-0.3, -0.25) is 14.5 Å². The van der Waals surface area contributed by atoms with E-state index in [1.807, 2.05) is 60.2 Å². The van der Waals surface area contributed by atoms with Crippen molar-refractivity contribution in [2.75, 3.05) is 26.7 Å². The number of nitrogens with one attached hydrogen (secondary N) is 1. The van der Waals surface area contributed by atoms with Crippen LogP contribution in [-0.4, -0.2) is 63.9 Å². The Morgan fingerprint density at radius 2 is 1.81 bits per heavy atom. The van der Waals surface area contributed by atoms with E-state index in [0.29, 0.717) is 38.3 Å². The SMILES string of the molecule is CNC(=O)[C@H]1CN(C(=O)c2cccc(Cn3ccnc3C)c2)CCN1Cc1ccccc1. The Morgan fingerprint density at radius 3 is 2.53 bits per heavy atom. The first-order valence-corrected chi connectivity index (χ1v) is 10.9. The predicted molar refractivity (Wildman–Crippen MR) is 123 cm³/mol. The number of amides is 2. The molecular formula is C25H29N5O2. The van der Waals surface area contributed by atoms with E-state index in [4.69, 9.17) is 0 Å². The maximum absolute atomic E-state index is 13.3. The van der Waals surface area contributed by atoms with Gasteiger partial charge in [0.15, 0.2) is 0 Å². The lowest BCUT2D eigenvalue weighted by molar-refractivity contribution is -0.128. The highest BCUT2D eigenvalue weighted by molar-refractivity contribution is 5.95. The Morgan fingerprint density at radius 1 is 1.03 bits per heavy atom. The average molecular weight is 432 g/mol. The molecule has 0 radical (unpaired) electrons. The van der Waals surface area contributed by atoms with Crippen molar-refractivity contribution in [2.24, 2.45) is 0 Å². The number of hydrogen-bond acceptors (Lipinski definition) is 4. The highest BCUT2D eigenvalue weighted by Crippen LogP contribution is 2.18. The van der Waals surface area contributed by atoms with Gasteiger partial charge in [-0.05, 0) is 30.2 Å². The molecule has 3 aromatic rings. The molecule has 7 heteroatoms. The van der Waals surface area contributed by atoms with E-state index in [0.717, 1.165) is 17.0 Å². The van der Waals surface area contributed by atoms with Crippen molar-refractivity contribution in [3.63, 3.8) is 0 Å². The van der Waals surface area contributed by atoms with Gasteiger partial charge in [0.25, 0.3) is 5.91 Å². The molecule has 32 heavy (non-hydrogen) atoms. The van der Waals surface area contributed by atoms with Gasteiger partial charge in [-0.2, -0.15) is 0 Å². The molecule has 1 aromatic heterocycles. The second-order valence-corrected chi connectivity index (χ2v) is 8.14. The molecule has 1 atom stereocenters. The molecule has 1 fully saturated rings. The number of carbonyl (C=O) groups is 2. The van der Waals surface area contributed by atoms with E-state index in [1.165, 1.54) is 0 Å². The molecule has 1 N–H and O–H groups in total. The third-order valence-electron chi connectivity index (χ3n) is 6.01. The largest absolute Gasteiger partial charge is 0.358 e. The lowest BCUT2D eigenvalue weighted by Crippen LogP contribution is -2.59. The molecule has 0 spiro atoms. The van der Waals surface area contributed by atoms with Crippen LogP contribution < -0.4 is 5.32 Å². The van der Waals surface area contributed by atoms with Crippen molar-refractivity contribution in [3.05, 3.63) is 89.5 Å². The van der Waals surface area contributed by atoms with Gasteiger partial charge in [0.2, 0.25) is 5.91 Å². The molecule has 0 saturated carbocycles. The zero-order valence-corrected chi connectivity index (χ0v) is 18.6.